The van der Waals surface area contributed by atoms with E-state index < -0.39 is 11.8 Å². The quantitative estimate of drug-likeness (QED) is 0.648. The fraction of sp³-hybridized carbons (Fsp3) is 0.0769. The van der Waals surface area contributed by atoms with E-state index in [1.54, 1.807) is 0 Å². The monoisotopic (exact) mass is 371 g/mol. The van der Waals surface area contributed by atoms with Crippen molar-refractivity contribution in [3.63, 3.8) is 0 Å². The number of methoxy groups -OCH3 is 1. The van der Waals surface area contributed by atoms with E-state index in [1.807, 2.05) is 6.07 Å². The maximum Gasteiger partial charge on any atom is 0.357 e. The molecule has 1 heterocycles. The second kappa shape index (κ2) is 5.76. The maximum absolute atomic E-state index is 14.2. The van der Waals surface area contributed by atoms with Gasteiger partial charge in [-0.2, -0.15) is 5.26 Å². The van der Waals surface area contributed by atoms with E-state index in [0.717, 1.165) is 11.7 Å². The standard InChI is InChI=1S/C13H8BrClFN3O2/c1-21-13(20)12-11(18)6(4-17)5-19(12)9-3-7(14)2-8(15)10(9)16/h2-3,5H,18H2,1H3. The molecule has 108 valence electrons. The average molecular weight is 373 g/mol. The van der Waals surface area contributed by atoms with Crippen molar-refractivity contribution in [3.05, 3.63) is 44.9 Å². The van der Waals surface area contributed by atoms with Crippen LogP contribution in [-0.4, -0.2) is 17.6 Å². The molecule has 8 heteroatoms. The Balaban J connectivity index is 2.82. The van der Waals surface area contributed by atoms with Crippen LogP contribution in [0, 0.1) is 17.1 Å². The fourth-order valence-electron chi connectivity index (χ4n) is 1.82. The number of carbonyl (C=O) groups is 1. The molecule has 0 saturated heterocycles. The topological polar surface area (TPSA) is 81.0 Å². The summed E-state index contributed by atoms with van der Waals surface area (Å²) in [5.74, 6) is -1.53. The molecule has 0 bridgehead atoms. The Morgan fingerprint density at radius 1 is 1.57 bits per heavy atom. The Labute approximate surface area is 132 Å². The van der Waals surface area contributed by atoms with Crippen molar-refractivity contribution in [2.45, 2.75) is 0 Å². The Bertz CT molecular complexity index is 783. The van der Waals surface area contributed by atoms with Crippen LogP contribution in [0.15, 0.2) is 22.8 Å². The molecule has 1 aromatic carbocycles. The van der Waals surface area contributed by atoms with Gasteiger partial charge in [0.05, 0.1) is 29.1 Å². The molecule has 1 aromatic heterocycles. The van der Waals surface area contributed by atoms with Gasteiger partial charge in [-0.05, 0) is 12.1 Å². The van der Waals surface area contributed by atoms with E-state index in [2.05, 4.69) is 20.7 Å². The number of hydrogen-bond donors (Lipinski definition) is 1. The Morgan fingerprint density at radius 2 is 2.24 bits per heavy atom. The van der Waals surface area contributed by atoms with Gasteiger partial charge in [-0.25, -0.2) is 9.18 Å². The van der Waals surface area contributed by atoms with Gasteiger partial charge in [0.1, 0.15) is 6.07 Å². The number of ether oxygens (including phenoxy) is 1. The van der Waals surface area contributed by atoms with Gasteiger partial charge in [-0.3, -0.25) is 0 Å². The van der Waals surface area contributed by atoms with Gasteiger partial charge in [-0.1, -0.05) is 27.5 Å². The Kier molecular flexibility index (Phi) is 4.21. The summed E-state index contributed by atoms with van der Waals surface area (Å²) in [6.45, 7) is 0. The maximum atomic E-state index is 14.2. The van der Waals surface area contributed by atoms with E-state index >= 15 is 0 Å². The second-order valence-electron chi connectivity index (χ2n) is 4.00. The Morgan fingerprint density at radius 3 is 2.81 bits per heavy atom. The number of hydrogen-bond acceptors (Lipinski definition) is 4. The number of nitrogens with two attached hydrogens (primary N) is 1. The molecule has 0 radical (unpaired) electrons. The van der Waals surface area contributed by atoms with Crippen LogP contribution in [0.4, 0.5) is 10.1 Å². The predicted molar refractivity (Wildman–Crippen MR) is 78.9 cm³/mol. The first-order valence-electron chi connectivity index (χ1n) is 5.54. The van der Waals surface area contributed by atoms with Crippen LogP contribution in [0.1, 0.15) is 16.1 Å². The van der Waals surface area contributed by atoms with Crippen LogP contribution in [-0.2, 0) is 4.74 Å². The highest BCUT2D eigenvalue weighted by Gasteiger charge is 2.24. The summed E-state index contributed by atoms with van der Waals surface area (Å²) < 4.78 is 20.5. The zero-order chi connectivity index (χ0) is 15.7. The normalized spacial score (nSPS) is 10.2. The van der Waals surface area contributed by atoms with Gasteiger partial charge in [-0.15, -0.1) is 0 Å². The van der Waals surface area contributed by atoms with Gasteiger partial charge in [0, 0.05) is 10.7 Å². The molecule has 2 rings (SSSR count). The Hall–Kier alpha value is -2.04. The summed E-state index contributed by atoms with van der Waals surface area (Å²) >= 11 is 8.97. The van der Waals surface area contributed by atoms with Gasteiger partial charge in [0.2, 0.25) is 0 Å². The third-order valence-corrected chi connectivity index (χ3v) is 3.51. The fourth-order valence-corrected chi connectivity index (χ4v) is 2.61. The van der Waals surface area contributed by atoms with E-state index in [0.29, 0.717) is 4.47 Å². The molecule has 0 amide bonds. The number of esters is 1. The van der Waals surface area contributed by atoms with Gasteiger partial charge in [0.25, 0.3) is 0 Å². The van der Waals surface area contributed by atoms with Gasteiger partial charge < -0.3 is 15.0 Å². The number of anilines is 1. The number of nitrogens with zero attached hydrogens (tertiary/aromatic N) is 2. The average Bonchev–Trinajstić information content (AvgIpc) is 2.78. The van der Waals surface area contributed by atoms with Crippen LogP contribution in [0.5, 0.6) is 0 Å². The van der Waals surface area contributed by atoms with E-state index in [4.69, 9.17) is 22.6 Å². The summed E-state index contributed by atoms with van der Waals surface area (Å²) in [5, 5.41) is 8.87. The minimum absolute atomic E-state index is 0.0250. The third-order valence-electron chi connectivity index (χ3n) is 2.78. The lowest BCUT2D eigenvalue weighted by molar-refractivity contribution is 0.0593. The molecule has 0 saturated carbocycles. The zero-order valence-corrected chi connectivity index (χ0v) is 13.0. The van der Waals surface area contributed by atoms with Crippen LogP contribution in [0.25, 0.3) is 5.69 Å². The second-order valence-corrected chi connectivity index (χ2v) is 5.32. The minimum Gasteiger partial charge on any atom is -0.464 e. The lowest BCUT2D eigenvalue weighted by Crippen LogP contribution is -2.12. The third kappa shape index (κ3) is 2.60. The van der Waals surface area contributed by atoms with Crippen molar-refractivity contribution in [3.8, 4) is 11.8 Å². The largest absolute Gasteiger partial charge is 0.464 e. The molecule has 0 unspecified atom stereocenters. The molecule has 0 atom stereocenters. The van der Waals surface area contributed by atoms with Crippen LogP contribution in [0.3, 0.4) is 0 Å². The van der Waals surface area contributed by atoms with Crippen molar-refractivity contribution in [2.75, 3.05) is 12.8 Å². The summed E-state index contributed by atoms with van der Waals surface area (Å²) in [6, 6.07) is 4.61. The minimum atomic E-state index is -0.788. The number of halogens is 3. The molecule has 0 fully saturated rings. The molecule has 2 aromatic rings. The highest BCUT2D eigenvalue weighted by Crippen LogP contribution is 2.31. The molecular formula is C13H8BrClFN3O2. The van der Waals surface area contributed by atoms with Crippen molar-refractivity contribution >= 4 is 39.2 Å². The zero-order valence-electron chi connectivity index (χ0n) is 10.7. The molecular weight excluding hydrogens is 365 g/mol. The number of benzene rings is 1. The van der Waals surface area contributed by atoms with E-state index in [1.165, 1.54) is 18.3 Å². The van der Waals surface area contributed by atoms with E-state index in [9.17, 15) is 9.18 Å². The number of aromatic nitrogens is 1. The summed E-state index contributed by atoms with van der Waals surface area (Å²) in [4.78, 5) is 11.8. The molecule has 21 heavy (non-hydrogen) atoms. The lowest BCUT2D eigenvalue weighted by atomic mass is 10.2. The molecule has 0 aliphatic heterocycles. The first kappa shape index (κ1) is 15.4. The molecule has 5 nitrogen and oxygen atoms in total. The predicted octanol–water partition coefficient (Wildman–Crippen LogP) is 3.27. The summed E-state index contributed by atoms with van der Waals surface area (Å²) in [6.07, 6.45) is 1.25. The number of nitriles is 1. The van der Waals surface area contributed by atoms with Crippen LogP contribution < -0.4 is 5.73 Å². The van der Waals surface area contributed by atoms with Crippen molar-refractivity contribution in [1.29, 1.82) is 5.26 Å². The number of rotatable bonds is 2. The lowest BCUT2D eigenvalue weighted by Gasteiger charge is -2.11. The molecule has 0 spiro atoms. The number of carbonyl (C=O) groups excluding carboxylic acids is 1. The number of nitrogen functional groups attached to an aromatic ring is 1. The van der Waals surface area contributed by atoms with Crippen LogP contribution in [0.2, 0.25) is 5.02 Å². The van der Waals surface area contributed by atoms with Crippen molar-refractivity contribution in [1.82, 2.24) is 4.57 Å². The first-order valence-corrected chi connectivity index (χ1v) is 6.72. The highest BCUT2D eigenvalue weighted by atomic mass is 79.9. The molecule has 2 N–H and O–H groups in total. The summed E-state index contributed by atoms with van der Waals surface area (Å²) in [7, 11) is 1.16. The smallest absolute Gasteiger partial charge is 0.357 e. The molecule has 0 aliphatic carbocycles. The first-order chi connectivity index (χ1) is 9.90. The summed E-state index contributed by atoms with van der Waals surface area (Å²) in [5.41, 5.74) is 5.53. The van der Waals surface area contributed by atoms with Crippen molar-refractivity contribution < 1.29 is 13.9 Å². The van der Waals surface area contributed by atoms with Gasteiger partial charge in [0.15, 0.2) is 11.5 Å². The van der Waals surface area contributed by atoms with E-state index in [-0.39, 0.29) is 27.7 Å². The highest BCUT2D eigenvalue weighted by molar-refractivity contribution is 9.10. The van der Waals surface area contributed by atoms with Crippen molar-refractivity contribution in [2.24, 2.45) is 0 Å². The van der Waals surface area contributed by atoms with Gasteiger partial charge >= 0.3 is 5.97 Å². The SMILES string of the molecule is COC(=O)c1c(N)c(C#N)cn1-c1cc(Br)cc(Cl)c1F. The molecule has 0 aliphatic rings. The van der Waals surface area contributed by atoms with Crippen LogP contribution >= 0.6 is 27.5 Å².